The van der Waals surface area contributed by atoms with Gasteiger partial charge in [-0.15, -0.1) is 0 Å². The number of nitrogens with one attached hydrogen (secondary N) is 1. The zero-order valence-electron chi connectivity index (χ0n) is 9.56. The Balaban J connectivity index is 2.60. The molecule has 0 fully saturated rings. The van der Waals surface area contributed by atoms with Gasteiger partial charge in [-0.25, -0.2) is 4.98 Å². The van der Waals surface area contributed by atoms with Crippen molar-refractivity contribution in [2.24, 2.45) is 5.73 Å². The molecule has 0 aliphatic rings. The van der Waals surface area contributed by atoms with Crippen LogP contribution in [-0.2, 0) is 4.79 Å². The molecule has 0 spiro atoms. The first-order valence-electron chi connectivity index (χ1n) is 5.23. The summed E-state index contributed by atoms with van der Waals surface area (Å²) in [7, 11) is 0. The van der Waals surface area contributed by atoms with Crippen LogP contribution >= 0.6 is 0 Å². The van der Waals surface area contributed by atoms with E-state index in [0.29, 0.717) is 12.4 Å². The Kier molecular flexibility index (Phi) is 4.57. The third-order valence-corrected chi connectivity index (χ3v) is 1.81. The van der Waals surface area contributed by atoms with E-state index in [9.17, 15) is 4.79 Å². The van der Waals surface area contributed by atoms with E-state index in [1.807, 2.05) is 19.9 Å². The molecule has 0 saturated carbocycles. The van der Waals surface area contributed by atoms with Gasteiger partial charge in [-0.1, -0.05) is 0 Å². The number of anilines is 1. The summed E-state index contributed by atoms with van der Waals surface area (Å²) in [6.45, 7) is 4.35. The summed E-state index contributed by atoms with van der Waals surface area (Å²) in [5, 5.41) is 3.06. The number of ether oxygens (including phenoxy) is 1. The molecule has 0 aliphatic carbocycles. The van der Waals surface area contributed by atoms with Gasteiger partial charge in [0.25, 0.3) is 0 Å². The minimum absolute atomic E-state index is 0.0617. The molecule has 3 N–H and O–H groups in total. The van der Waals surface area contributed by atoms with Crippen molar-refractivity contribution in [2.45, 2.75) is 26.4 Å². The van der Waals surface area contributed by atoms with Crippen LogP contribution in [0.4, 0.5) is 5.69 Å². The van der Waals surface area contributed by atoms with E-state index in [-0.39, 0.29) is 18.4 Å². The van der Waals surface area contributed by atoms with Gasteiger partial charge < -0.3 is 15.8 Å². The van der Waals surface area contributed by atoms with E-state index in [2.05, 4.69) is 10.3 Å². The van der Waals surface area contributed by atoms with Crippen LogP contribution in [0.2, 0.25) is 0 Å². The van der Waals surface area contributed by atoms with Crippen LogP contribution < -0.4 is 15.8 Å². The molecule has 0 saturated heterocycles. The van der Waals surface area contributed by atoms with Crippen molar-refractivity contribution < 1.29 is 9.53 Å². The van der Waals surface area contributed by atoms with Gasteiger partial charge in [0.15, 0.2) is 0 Å². The van der Waals surface area contributed by atoms with Gasteiger partial charge in [0, 0.05) is 19.2 Å². The van der Waals surface area contributed by atoms with Crippen molar-refractivity contribution in [1.29, 1.82) is 0 Å². The molecule has 16 heavy (non-hydrogen) atoms. The highest BCUT2D eigenvalue weighted by Gasteiger charge is 2.06. The van der Waals surface area contributed by atoms with Crippen LogP contribution in [0, 0.1) is 0 Å². The normalized spacial score (nSPS) is 10.2. The quantitative estimate of drug-likeness (QED) is 0.758. The lowest BCUT2D eigenvalue weighted by Crippen LogP contribution is -2.16. The van der Waals surface area contributed by atoms with Crippen LogP contribution in [0.3, 0.4) is 0 Å². The zero-order valence-corrected chi connectivity index (χ0v) is 9.56. The summed E-state index contributed by atoms with van der Waals surface area (Å²) in [5.74, 6) is 0.213. The molecular formula is C11H17N3O2. The Hall–Kier alpha value is -1.78. The van der Waals surface area contributed by atoms with Gasteiger partial charge in [0.2, 0.25) is 11.8 Å². The van der Waals surface area contributed by atoms with Crippen LogP contribution in [0.5, 0.6) is 5.88 Å². The minimum Gasteiger partial charge on any atom is -0.473 e. The highest BCUT2D eigenvalue weighted by atomic mass is 16.5. The smallest absolute Gasteiger partial charge is 0.237 e. The first-order valence-corrected chi connectivity index (χ1v) is 5.23. The van der Waals surface area contributed by atoms with E-state index < -0.39 is 0 Å². The number of primary amides is 1. The lowest BCUT2D eigenvalue weighted by atomic mass is 10.3. The molecule has 5 nitrogen and oxygen atoms in total. The molecule has 5 heteroatoms. The third kappa shape index (κ3) is 4.16. The Bertz CT molecular complexity index is 353. The van der Waals surface area contributed by atoms with Crippen molar-refractivity contribution in [2.75, 3.05) is 11.9 Å². The van der Waals surface area contributed by atoms with Crippen molar-refractivity contribution in [3.05, 3.63) is 18.3 Å². The number of aromatic nitrogens is 1. The maximum atomic E-state index is 10.6. The predicted octanol–water partition coefficient (Wildman–Crippen LogP) is 1.16. The Morgan fingerprint density at radius 2 is 2.38 bits per heavy atom. The van der Waals surface area contributed by atoms with Crippen molar-refractivity contribution >= 4 is 11.6 Å². The molecule has 1 amide bonds. The predicted molar refractivity (Wildman–Crippen MR) is 62.3 cm³/mol. The number of carbonyl (C=O) groups excluding carboxylic acids is 1. The molecule has 1 rings (SSSR count). The second kappa shape index (κ2) is 5.95. The molecule has 88 valence electrons. The maximum absolute atomic E-state index is 10.6. The molecule has 0 radical (unpaired) electrons. The number of pyridine rings is 1. The SMILES string of the molecule is CC(C)Oc1ncccc1NCCC(N)=O. The molecule has 1 aromatic heterocycles. The number of hydrogen-bond donors (Lipinski definition) is 2. The van der Waals surface area contributed by atoms with Gasteiger partial charge in [-0.3, -0.25) is 4.79 Å². The topological polar surface area (TPSA) is 77.2 Å². The maximum Gasteiger partial charge on any atom is 0.237 e. The Morgan fingerprint density at radius 1 is 1.62 bits per heavy atom. The number of hydrogen-bond acceptors (Lipinski definition) is 4. The number of carbonyl (C=O) groups is 1. The van der Waals surface area contributed by atoms with Gasteiger partial charge in [0.05, 0.1) is 11.8 Å². The van der Waals surface area contributed by atoms with Crippen molar-refractivity contribution in [3.8, 4) is 5.88 Å². The molecule has 0 atom stereocenters. The molecule has 0 aromatic carbocycles. The fourth-order valence-corrected chi connectivity index (χ4v) is 1.16. The van der Waals surface area contributed by atoms with Gasteiger partial charge in [-0.05, 0) is 26.0 Å². The average molecular weight is 223 g/mol. The highest BCUT2D eigenvalue weighted by molar-refractivity contribution is 5.74. The summed E-state index contributed by atoms with van der Waals surface area (Å²) >= 11 is 0. The van der Waals surface area contributed by atoms with Gasteiger partial charge >= 0.3 is 0 Å². The van der Waals surface area contributed by atoms with E-state index in [1.165, 1.54) is 0 Å². The number of amides is 1. The second-order valence-electron chi connectivity index (χ2n) is 3.67. The lowest BCUT2D eigenvalue weighted by Gasteiger charge is -2.13. The van der Waals surface area contributed by atoms with Crippen molar-refractivity contribution in [1.82, 2.24) is 4.98 Å². The fraction of sp³-hybridized carbons (Fsp3) is 0.455. The van der Waals surface area contributed by atoms with Gasteiger partial charge in [-0.2, -0.15) is 0 Å². The van der Waals surface area contributed by atoms with E-state index >= 15 is 0 Å². The summed E-state index contributed by atoms with van der Waals surface area (Å²) < 4.78 is 5.51. The second-order valence-corrected chi connectivity index (χ2v) is 3.67. The molecule has 1 aromatic rings. The van der Waals surface area contributed by atoms with Crippen LogP contribution in [0.15, 0.2) is 18.3 Å². The first-order chi connectivity index (χ1) is 7.59. The van der Waals surface area contributed by atoms with E-state index in [4.69, 9.17) is 10.5 Å². The van der Waals surface area contributed by atoms with Gasteiger partial charge in [0.1, 0.15) is 0 Å². The third-order valence-electron chi connectivity index (χ3n) is 1.81. The van der Waals surface area contributed by atoms with Crippen molar-refractivity contribution in [3.63, 3.8) is 0 Å². The molecular weight excluding hydrogens is 206 g/mol. The van der Waals surface area contributed by atoms with Crippen LogP contribution in [-0.4, -0.2) is 23.5 Å². The molecule has 0 unspecified atom stereocenters. The first kappa shape index (κ1) is 12.3. The monoisotopic (exact) mass is 223 g/mol. The number of nitrogens with two attached hydrogens (primary N) is 1. The zero-order chi connectivity index (χ0) is 12.0. The number of nitrogens with zero attached hydrogens (tertiary/aromatic N) is 1. The summed E-state index contributed by atoms with van der Waals surface area (Å²) in [6.07, 6.45) is 2.01. The van der Waals surface area contributed by atoms with E-state index in [0.717, 1.165) is 5.69 Å². The highest BCUT2D eigenvalue weighted by Crippen LogP contribution is 2.21. The lowest BCUT2D eigenvalue weighted by molar-refractivity contribution is -0.117. The van der Waals surface area contributed by atoms with E-state index in [1.54, 1.807) is 12.3 Å². The van der Waals surface area contributed by atoms with Crippen LogP contribution in [0.25, 0.3) is 0 Å². The summed E-state index contributed by atoms with van der Waals surface area (Å²) in [5.41, 5.74) is 5.82. The number of rotatable bonds is 6. The summed E-state index contributed by atoms with van der Waals surface area (Å²) in [6, 6.07) is 3.66. The average Bonchev–Trinajstić information content (AvgIpc) is 2.19. The fourth-order valence-electron chi connectivity index (χ4n) is 1.16. The largest absolute Gasteiger partial charge is 0.473 e. The Labute approximate surface area is 95.0 Å². The molecule has 1 heterocycles. The minimum atomic E-state index is -0.331. The molecule has 0 aliphatic heterocycles. The van der Waals surface area contributed by atoms with Crippen LogP contribution in [0.1, 0.15) is 20.3 Å². The summed E-state index contributed by atoms with van der Waals surface area (Å²) in [4.78, 5) is 14.7. The molecule has 0 bridgehead atoms. The Morgan fingerprint density at radius 3 is 3.00 bits per heavy atom. The standard InChI is InChI=1S/C11H17N3O2/c1-8(2)16-11-9(4-3-6-14-11)13-7-5-10(12)15/h3-4,6,8,13H,5,7H2,1-2H3,(H2,12,15).